The minimum Gasteiger partial charge on any atom is -0.337 e. The van der Waals surface area contributed by atoms with Crippen molar-refractivity contribution in [2.24, 2.45) is 0 Å². The minimum absolute atomic E-state index is 0.00407. The lowest BCUT2D eigenvalue weighted by atomic mass is 9.99. The molecule has 1 aliphatic rings. The van der Waals surface area contributed by atoms with Crippen molar-refractivity contribution >= 4 is 5.91 Å². The third-order valence-electron chi connectivity index (χ3n) is 6.04. The molecule has 0 aliphatic carbocycles. The number of benzene rings is 3. The van der Waals surface area contributed by atoms with E-state index in [4.69, 9.17) is 4.52 Å². The summed E-state index contributed by atoms with van der Waals surface area (Å²) in [4.78, 5) is 19.9. The van der Waals surface area contributed by atoms with Crippen molar-refractivity contribution in [2.75, 3.05) is 6.54 Å². The smallest absolute Gasteiger partial charge is 0.254 e. The van der Waals surface area contributed by atoms with Crippen LogP contribution in [0.4, 0.5) is 0 Å². The monoisotopic (exact) mass is 423 g/mol. The van der Waals surface area contributed by atoms with Crippen molar-refractivity contribution in [1.82, 2.24) is 15.0 Å². The van der Waals surface area contributed by atoms with E-state index < -0.39 is 0 Å². The van der Waals surface area contributed by atoms with E-state index in [0.717, 1.165) is 36.0 Å². The highest BCUT2D eigenvalue weighted by Crippen LogP contribution is 2.32. The molecule has 5 rings (SSSR count). The number of aromatic nitrogens is 2. The Bertz CT molecular complexity index is 1200. The molecule has 0 saturated carbocycles. The van der Waals surface area contributed by atoms with Gasteiger partial charge in [0, 0.05) is 17.7 Å². The van der Waals surface area contributed by atoms with Crippen LogP contribution in [-0.4, -0.2) is 27.5 Å². The van der Waals surface area contributed by atoms with E-state index in [1.54, 1.807) is 0 Å². The number of rotatable bonds is 4. The quantitative estimate of drug-likeness (QED) is 0.399. The minimum atomic E-state index is -0.197. The van der Waals surface area contributed by atoms with E-state index in [0.29, 0.717) is 23.8 Å². The van der Waals surface area contributed by atoms with Crippen molar-refractivity contribution in [3.8, 4) is 22.5 Å². The van der Waals surface area contributed by atoms with Crippen molar-refractivity contribution in [1.29, 1.82) is 0 Å². The predicted molar refractivity (Wildman–Crippen MR) is 124 cm³/mol. The van der Waals surface area contributed by atoms with Gasteiger partial charge in [-0.25, -0.2) is 0 Å². The summed E-state index contributed by atoms with van der Waals surface area (Å²) in [5.74, 6) is 1.07. The first kappa shape index (κ1) is 20.2. The lowest BCUT2D eigenvalue weighted by molar-refractivity contribution is 0.0561. The van der Waals surface area contributed by atoms with Crippen LogP contribution in [0, 0.1) is 6.92 Å². The number of likely N-dealkylation sites (tertiary alicyclic amines) is 1. The fraction of sp³-hybridized carbons (Fsp3) is 0.222. The molecule has 4 aromatic rings. The first-order valence-electron chi connectivity index (χ1n) is 11.1. The third kappa shape index (κ3) is 4.06. The molecular formula is C27H25N3O2. The number of hydrogen-bond acceptors (Lipinski definition) is 4. The van der Waals surface area contributed by atoms with Crippen LogP contribution < -0.4 is 0 Å². The number of carbonyl (C=O) groups is 1. The van der Waals surface area contributed by atoms with Gasteiger partial charge in [-0.2, -0.15) is 4.98 Å². The molecule has 1 aromatic heterocycles. The number of carbonyl (C=O) groups excluding carboxylic acids is 1. The molecular weight excluding hydrogens is 398 g/mol. The fourth-order valence-corrected chi connectivity index (χ4v) is 4.22. The SMILES string of the molecule is Cc1ccc(-c2noc([C@H]3CCCCN3C(=O)c3ccc(-c4ccccc4)cc3)n2)cc1. The Hall–Kier alpha value is -3.73. The van der Waals surface area contributed by atoms with Crippen LogP contribution in [0.15, 0.2) is 83.4 Å². The van der Waals surface area contributed by atoms with Crippen molar-refractivity contribution in [2.45, 2.75) is 32.2 Å². The van der Waals surface area contributed by atoms with Gasteiger partial charge in [0.25, 0.3) is 5.91 Å². The Kier molecular flexibility index (Phi) is 5.55. The van der Waals surface area contributed by atoms with E-state index in [1.165, 1.54) is 5.56 Å². The Morgan fingerprint density at radius 2 is 1.56 bits per heavy atom. The summed E-state index contributed by atoms with van der Waals surface area (Å²) in [5.41, 5.74) is 5.00. The van der Waals surface area contributed by atoms with Crippen LogP contribution in [-0.2, 0) is 0 Å². The standard InChI is InChI=1S/C27H25N3O2/c1-19-10-12-22(13-11-19)25-28-26(32-29-25)24-9-5-6-18-30(24)27(31)23-16-14-21(15-17-23)20-7-3-2-4-8-20/h2-4,7-8,10-17,24H,5-6,9,18H2,1H3/t24-/m1/s1. The number of amides is 1. The average molecular weight is 424 g/mol. The molecule has 0 spiro atoms. The second-order valence-electron chi connectivity index (χ2n) is 8.28. The topological polar surface area (TPSA) is 59.2 Å². The van der Waals surface area contributed by atoms with Gasteiger partial charge in [-0.1, -0.05) is 77.5 Å². The highest BCUT2D eigenvalue weighted by Gasteiger charge is 2.32. The van der Waals surface area contributed by atoms with E-state index in [1.807, 2.05) is 78.6 Å². The number of aryl methyl sites for hydroxylation is 1. The summed E-state index contributed by atoms with van der Waals surface area (Å²) in [6.45, 7) is 2.73. The normalized spacial score (nSPS) is 16.2. The summed E-state index contributed by atoms with van der Waals surface area (Å²) in [6, 6.07) is 25.8. The Morgan fingerprint density at radius 1 is 0.875 bits per heavy atom. The predicted octanol–water partition coefficient (Wildman–Crippen LogP) is 6.08. The molecule has 0 bridgehead atoms. The maximum Gasteiger partial charge on any atom is 0.254 e. The molecule has 5 nitrogen and oxygen atoms in total. The Labute approximate surface area is 187 Å². The summed E-state index contributed by atoms with van der Waals surface area (Å²) >= 11 is 0. The van der Waals surface area contributed by atoms with Crippen LogP contribution in [0.3, 0.4) is 0 Å². The second-order valence-corrected chi connectivity index (χ2v) is 8.28. The molecule has 32 heavy (non-hydrogen) atoms. The third-order valence-corrected chi connectivity index (χ3v) is 6.04. The van der Waals surface area contributed by atoms with Crippen LogP contribution in [0.25, 0.3) is 22.5 Å². The Balaban J connectivity index is 1.38. The average Bonchev–Trinajstić information content (AvgIpc) is 3.35. The van der Waals surface area contributed by atoms with Crippen molar-refractivity contribution in [3.63, 3.8) is 0 Å². The van der Waals surface area contributed by atoms with Gasteiger partial charge < -0.3 is 9.42 Å². The molecule has 1 amide bonds. The van der Waals surface area contributed by atoms with Gasteiger partial charge in [-0.05, 0) is 49.4 Å². The summed E-state index contributed by atoms with van der Waals surface area (Å²) in [5, 5.41) is 4.18. The number of piperidine rings is 1. The van der Waals surface area contributed by atoms with Gasteiger partial charge in [0.2, 0.25) is 11.7 Å². The zero-order valence-corrected chi connectivity index (χ0v) is 18.1. The molecule has 1 fully saturated rings. The molecule has 3 aromatic carbocycles. The molecule has 160 valence electrons. The summed E-state index contributed by atoms with van der Waals surface area (Å²) < 4.78 is 5.63. The van der Waals surface area contributed by atoms with Gasteiger partial charge in [0.05, 0.1) is 0 Å². The lowest BCUT2D eigenvalue weighted by Gasteiger charge is -2.33. The van der Waals surface area contributed by atoms with Crippen molar-refractivity contribution in [3.05, 3.63) is 95.9 Å². The van der Waals surface area contributed by atoms with Gasteiger partial charge in [-0.3, -0.25) is 4.79 Å². The van der Waals surface area contributed by atoms with Gasteiger partial charge >= 0.3 is 0 Å². The van der Waals surface area contributed by atoms with Gasteiger partial charge in [0.15, 0.2) is 0 Å². The highest BCUT2D eigenvalue weighted by molar-refractivity contribution is 5.95. The van der Waals surface area contributed by atoms with Crippen molar-refractivity contribution < 1.29 is 9.32 Å². The van der Waals surface area contributed by atoms with Crippen LogP contribution >= 0.6 is 0 Å². The molecule has 0 unspecified atom stereocenters. The maximum absolute atomic E-state index is 13.4. The number of hydrogen-bond donors (Lipinski definition) is 0. The van der Waals surface area contributed by atoms with E-state index >= 15 is 0 Å². The zero-order valence-electron chi connectivity index (χ0n) is 18.1. The molecule has 1 atom stereocenters. The van der Waals surface area contributed by atoms with E-state index in [2.05, 4.69) is 22.3 Å². The van der Waals surface area contributed by atoms with Crippen LogP contribution in [0.5, 0.6) is 0 Å². The molecule has 1 aliphatic heterocycles. The van der Waals surface area contributed by atoms with E-state index in [-0.39, 0.29) is 11.9 Å². The van der Waals surface area contributed by atoms with E-state index in [9.17, 15) is 4.79 Å². The van der Waals surface area contributed by atoms with Gasteiger partial charge in [0.1, 0.15) is 6.04 Å². The van der Waals surface area contributed by atoms with Crippen LogP contribution in [0.1, 0.15) is 47.1 Å². The Morgan fingerprint density at radius 3 is 2.31 bits per heavy atom. The summed E-state index contributed by atoms with van der Waals surface area (Å²) in [6.07, 6.45) is 2.83. The van der Waals surface area contributed by atoms with Gasteiger partial charge in [-0.15, -0.1) is 0 Å². The molecule has 0 N–H and O–H groups in total. The molecule has 2 heterocycles. The molecule has 1 saturated heterocycles. The largest absolute Gasteiger partial charge is 0.337 e. The molecule has 5 heteroatoms. The first-order valence-corrected chi connectivity index (χ1v) is 11.1. The second kappa shape index (κ2) is 8.79. The summed E-state index contributed by atoms with van der Waals surface area (Å²) in [7, 11) is 0. The van der Waals surface area contributed by atoms with Crippen LogP contribution in [0.2, 0.25) is 0 Å². The maximum atomic E-state index is 13.4. The fourth-order valence-electron chi connectivity index (χ4n) is 4.22. The molecule has 0 radical (unpaired) electrons. The number of nitrogens with zero attached hydrogens (tertiary/aromatic N) is 3. The zero-order chi connectivity index (χ0) is 21.9. The first-order chi connectivity index (χ1) is 15.7. The lowest BCUT2D eigenvalue weighted by Crippen LogP contribution is -2.38. The highest BCUT2D eigenvalue weighted by atomic mass is 16.5.